The summed E-state index contributed by atoms with van der Waals surface area (Å²) in [6.07, 6.45) is 4.73. The fourth-order valence-corrected chi connectivity index (χ4v) is 2.68. The summed E-state index contributed by atoms with van der Waals surface area (Å²) in [4.78, 5) is 10.3. The van der Waals surface area contributed by atoms with E-state index in [2.05, 4.69) is 46.9 Å². The van der Waals surface area contributed by atoms with Crippen molar-refractivity contribution in [2.75, 3.05) is 0 Å². The van der Waals surface area contributed by atoms with Gasteiger partial charge in [0.25, 0.3) is 0 Å². The predicted molar refractivity (Wildman–Crippen MR) is 88.4 cm³/mol. The zero-order valence-corrected chi connectivity index (χ0v) is 13.7. The number of hydrogen-bond donors (Lipinski definition) is 0. The normalized spacial score (nSPS) is 11.2. The van der Waals surface area contributed by atoms with E-state index >= 15 is 0 Å². The Morgan fingerprint density at radius 3 is 2.90 bits per heavy atom. The highest BCUT2D eigenvalue weighted by molar-refractivity contribution is 9.10. The first-order chi connectivity index (χ1) is 10.1. The summed E-state index contributed by atoms with van der Waals surface area (Å²) in [7, 11) is 0. The summed E-state index contributed by atoms with van der Waals surface area (Å²) < 4.78 is 2.69. The van der Waals surface area contributed by atoms with Crippen molar-refractivity contribution in [1.82, 2.24) is 9.71 Å². The van der Waals surface area contributed by atoms with Gasteiger partial charge in [-0.15, -0.1) is 0 Å². The van der Waals surface area contributed by atoms with Crippen LogP contribution in [0.5, 0.6) is 5.75 Å². The molecule has 0 aliphatic heterocycles. The Kier molecular flexibility index (Phi) is 3.97. The van der Waals surface area contributed by atoms with Crippen LogP contribution in [0.1, 0.15) is 19.4 Å². The number of fused-ring (bicyclic) bond motifs is 1. The van der Waals surface area contributed by atoms with Crippen molar-refractivity contribution in [2.45, 2.75) is 20.3 Å². The number of aromatic nitrogens is 2. The van der Waals surface area contributed by atoms with E-state index < -0.39 is 0 Å². The van der Waals surface area contributed by atoms with Gasteiger partial charge in [0.1, 0.15) is 5.52 Å². The first-order valence-electron chi connectivity index (χ1n) is 7.02. The van der Waals surface area contributed by atoms with Crippen molar-refractivity contribution in [2.24, 2.45) is 5.92 Å². The largest absolute Gasteiger partial charge is 0.375 e. The van der Waals surface area contributed by atoms with Crippen molar-refractivity contribution < 1.29 is 4.84 Å². The zero-order valence-electron chi connectivity index (χ0n) is 12.1. The highest BCUT2D eigenvalue weighted by Crippen LogP contribution is 2.21. The van der Waals surface area contributed by atoms with E-state index in [4.69, 9.17) is 4.84 Å². The smallest absolute Gasteiger partial charge is 0.156 e. The van der Waals surface area contributed by atoms with Crippen molar-refractivity contribution >= 4 is 27.0 Å². The van der Waals surface area contributed by atoms with Crippen molar-refractivity contribution in [3.63, 3.8) is 0 Å². The predicted octanol–water partition coefficient (Wildman–Crippen LogP) is 4.84. The second kappa shape index (κ2) is 5.90. The summed E-state index contributed by atoms with van der Waals surface area (Å²) >= 11 is 3.44. The highest BCUT2D eigenvalue weighted by atomic mass is 79.9. The van der Waals surface area contributed by atoms with E-state index in [1.165, 1.54) is 5.56 Å². The molecule has 0 unspecified atom stereocenters. The summed E-state index contributed by atoms with van der Waals surface area (Å²) in [5, 5.41) is 0. The topological polar surface area (TPSA) is 27.1 Å². The van der Waals surface area contributed by atoms with Gasteiger partial charge in [-0.1, -0.05) is 26.0 Å². The molecular weight excluding hydrogens is 328 g/mol. The molecule has 3 aromatic rings. The lowest BCUT2D eigenvalue weighted by molar-refractivity contribution is 0.229. The average molecular weight is 345 g/mol. The lowest BCUT2D eigenvalue weighted by Gasteiger charge is -2.10. The summed E-state index contributed by atoms with van der Waals surface area (Å²) in [6.45, 7) is 4.44. The third-order valence-corrected chi connectivity index (χ3v) is 3.65. The van der Waals surface area contributed by atoms with E-state index in [0.29, 0.717) is 5.92 Å². The maximum absolute atomic E-state index is 5.96. The lowest BCUT2D eigenvalue weighted by Crippen LogP contribution is -2.04. The summed E-state index contributed by atoms with van der Waals surface area (Å²) in [5.41, 5.74) is 3.15. The maximum atomic E-state index is 5.96. The minimum Gasteiger partial charge on any atom is -0.375 e. The Bertz CT molecular complexity index is 764. The van der Waals surface area contributed by atoms with Gasteiger partial charge in [-0.2, -0.15) is 4.73 Å². The Labute approximate surface area is 132 Å². The Balaban J connectivity index is 1.90. The van der Waals surface area contributed by atoms with Gasteiger partial charge in [-0.05, 0) is 58.1 Å². The number of rotatable bonds is 4. The van der Waals surface area contributed by atoms with Gasteiger partial charge in [0.15, 0.2) is 5.75 Å². The van der Waals surface area contributed by atoms with Crippen LogP contribution in [-0.2, 0) is 6.42 Å². The molecule has 0 spiro atoms. The third-order valence-electron chi connectivity index (χ3n) is 3.22. The van der Waals surface area contributed by atoms with Gasteiger partial charge in [-0.25, -0.2) is 0 Å². The van der Waals surface area contributed by atoms with E-state index in [1.807, 2.05) is 30.5 Å². The first kappa shape index (κ1) is 14.1. The molecule has 0 radical (unpaired) electrons. The van der Waals surface area contributed by atoms with Crippen molar-refractivity contribution in [1.29, 1.82) is 0 Å². The SMILES string of the molecule is CC(C)Cc1cccc(On2ccc3ncc(Br)cc32)c1. The van der Waals surface area contributed by atoms with Crippen LogP contribution in [0.4, 0.5) is 0 Å². The molecule has 0 saturated carbocycles. The van der Waals surface area contributed by atoms with Crippen LogP contribution in [0.3, 0.4) is 0 Å². The number of benzene rings is 1. The maximum Gasteiger partial charge on any atom is 0.156 e. The standard InChI is InChI=1S/C17H17BrN2O/c1-12(2)8-13-4-3-5-15(9-13)21-20-7-6-16-17(20)10-14(18)11-19-16/h3-7,9-12H,8H2,1-2H3. The zero-order chi connectivity index (χ0) is 14.8. The lowest BCUT2D eigenvalue weighted by atomic mass is 10.0. The fourth-order valence-electron chi connectivity index (χ4n) is 2.36. The Morgan fingerprint density at radius 1 is 1.24 bits per heavy atom. The molecule has 2 aromatic heterocycles. The second-order valence-electron chi connectivity index (χ2n) is 5.54. The molecule has 0 amide bonds. The summed E-state index contributed by atoms with van der Waals surface area (Å²) in [6, 6.07) is 12.2. The van der Waals surface area contributed by atoms with Crippen LogP contribution in [0.2, 0.25) is 0 Å². The van der Waals surface area contributed by atoms with Crippen LogP contribution in [0, 0.1) is 5.92 Å². The molecule has 1 aromatic carbocycles. The van der Waals surface area contributed by atoms with Crippen molar-refractivity contribution in [3.8, 4) is 5.75 Å². The monoisotopic (exact) mass is 344 g/mol. The molecule has 0 aliphatic rings. The second-order valence-corrected chi connectivity index (χ2v) is 6.45. The Morgan fingerprint density at radius 2 is 2.10 bits per heavy atom. The van der Waals surface area contributed by atoms with Gasteiger partial charge >= 0.3 is 0 Å². The molecule has 3 nitrogen and oxygen atoms in total. The number of pyridine rings is 1. The van der Waals surface area contributed by atoms with E-state index in [-0.39, 0.29) is 0 Å². The molecule has 0 N–H and O–H groups in total. The molecular formula is C17H17BrN2O. The molecule has 0 fully saturated rings. The average Bonchev–Trinajstić information content (AvgIpc) is 2.81. The van der Waals surface area contributed by atoms with Gasteiger partial charge < -0.3 is 4.84 Å². The van der Waals surface area contributed by atoms with Gasteiger partial charge in [0.2, 0.25) is 0 Å². The number of halogens is 1. The number of nitrogens with zero attached hydrogens (tertiary/aromatic N) is 2. The molecule has 2 heterocycles. The Hall–Kier alpha value is -1.81. The minimum atomic E-state index is 0.632. The number of hydrogen-bond acceptors (Lipinski definition) is 2. The molecule has 0 atom stereocenters. The molecule has 3 rings (SSSR count). The van der Waals surface area contributed by atoms with Gasteiger partial charge in [0, 0.05) is 16.9 Å². The molecule has 0 bridgehead atoms. The minimum absolute atomic E-state index is 0.632. The van der Waals surface area contributed by atoms with Gasteiger partial charge in [0.05, 0.1) is 5.52 Å². The molecule has 0 saturated heterocycles. The van der Waals surface area contributed by atoms with Crippen LogP contribution < -0.4 is 4.84 Å². The first-order valence-corrected chi connectivity index (χ1v) is 7.81. The molecule has 21 heavy (non-hydrogen) atoms. The van der Waals surface area contributed by atoms with Crippen LogP contribution in [0.25, 0.3) is 11.0 Å². The van der Waals surface area contributed by atoms with Crippen LogP contribution in [0.15, 0.2) is 53.3 Å². The quantitative estimate of drug-likeness (QED) is 0.677. The van der Waals surface area contributed by atoms with Crippen LogP contribution in [-0.4, -0.2) is 9.71 Å². The van der Waals surface area contributed by atoms with E-state index in [9.17, 15) is 0 Å². The van der Waals surface area contributed by atoms with Crippen LogP contribution >= 0.6 is 15.9 Å². The molecule has 108 valence electrons. The highest BCUT2D eigenvalue weighted by Gasteiger charge is 2.06. The van der Waals surface area contributed by atoms with E-state index in [1.54, 1.807) is 10.9 Å². The fraction of sp³-hybridized carbons (Fsp3) is 0.235. The third kappa shape index (κ3) is 3.27. The molecule has 0 aliphatic carbocycles. The van der Waals surface area contributed by atoms with Crippen molar-refractivity contribution in [3.05, 3.63) is 58.8 Å². The van der Waals surface area contributed by atoms with E-state index in [0.717, 1.165) is 27.7 Å². The molecule has 4 heteroatoms. The van der Waals surface area contributed by atoms with Gasteiger partial charge in [-0.3, -0.25) is 4.98 Å². The summed E-state index contributed by atoms with van der Waals surface area (Å²) in [5.74, 6) is 1.47.